The van der Waals surface area contributed by atoms with Crippen molar-refractivity contribution in [2.45, 2.75) is 46.0 Å². The third-order valence-corrected chi connectivity index (χ3v) is 7.97. The minimum absolute atomic E-state index is 0.535. The quantitative estimate of drug-likeness (QED) is 0.304. The summed E-state index contributed by atoms with van der Waals surface area (Å²) in [5.74, 6) is 0.535. The first-order chi connectivity index (χ1) is 19.7. The van der Waals surface area contributed by atoms with E-state index in [4.69, 9.17) is 0 Å². The van der Waals surface area contributed by atoms with Crippen LogP contribution in [0.4, 0.5) is 17.1 Å². The lowest BCUT2D eigenvalue weighted by Crippen LogP contribution is -2.23. The number of hydrogen-bond acceptors (Lipinski definition) is 2. The largest absolute Gasteiger partial charge is 0.318 e. The molecule has 200 valence electrons. The van der Waals surface area contributed by atoms with Crippen molar-refractivity contribution < 1.29 is 0 Å². The Labute approximate surface area is 239 Å². The topological polar surface area (TPSA) is 6.48 Å². The van der Waals surface area contributed by atoms with E-state index in [2.05, 4.69) is 151 Å². The minimum atomic E-state index is 0.535. The first-order valence-corrected chi connectivity index (χ1v) is 14.6. The zero-order chi connectivity index (χ0) is 27.3. The van der Waals surface area contributed by atoms with Gasteiger partial charge in [0, 0.05) is 34.2 Å². The molecule has 3 aliphatic carbocycles. The van der Waals surface area contributed by atoms with Gasteiger partial charge in [0.2, 0.25) is 0 Å². The lowest BCUT2D eigenvalue weighted by molar-refractivity contribution is 0.696. The monoisotopic (exact) mass is 522 g/mol. The normalized spacial score (nSPS) is 18.4. The van der Waals surface area contributed by atoms with Gasteiger partial charge in [0.05, 0.1) is 0 Å². The highest BCUT2D eigenvalue weighted by molar-refractivity contribution is 5.74. The second-order valence-corrected chi connectivity index (χ2v) is 11.1. The van der Waals surface area contributed by atoms with Crippen LogP contribution in [0, 0.1) is 5.92 Å². The Hall–Kier alpha value is -4.30. The van der Waals surface area contributed by atoms with E-state index < -0.39 is 0 Å². The van der Waals surface area contributed by atoms with Gasteiger partial charge in [0.25, 0.3) is 0 Å². The molecule has 0 aromatic heterocycles. The number of para-hydroxylation sites is 1. The second-order valence-electron chi connectivity index (χ2n) is 11.1. The molecule has 1 atom stereocenters. The molecule has 0 spiro atoms. The molecular formula is C38H38N2. The highest BCUT2D eigenvalue weighted by Gasteiger charge is 2.20. The molecule has 0 radical (unpaired) electrons. The van der Waals surface area contributed by atoms with Crippen LogP contribution >= 0.6 is 0 Å². The molecule has 2 heteroatoms. The van der Waals surface area contributed by atoms with E-state index in [1.807, 2.05) is 0 Å². The van der Waals surface area contributed by atoms with Gasteiger partial charge in [-0.15, -0.1) is 0 Å². The molecule has 0 aliphatic heterocycles. The van der Waals surface area contributed by atoms with Crippen LogP contribution in [0.2, 0.25) is 0 Å². The summed E-state index contributed by atoms with van der Waals surface area (Å²) in [6, 6.07) is 28.8. The van der Waals surface area contributed by atoms with Crippen molar-refractivity contribution in [3.05, 3.63) is 150 Å². The van der Waals surface area contributed by atoms with Gasteiger partial charge in [-0.2, -0.15) is 0 Å². The molecule has 1 unspecified atom stereocenters. The fraction of sp³-hybridized carbons (Fsp3) is 0.211. The standard InChI is InChI=1S/C38H38N2/c1-29-11-9-17-37(27-29)39(33-13-5-3-6-14-33)35-23-19-31(20-24-35)32-21-25-36(26-22-32)40(34-15-7-4-8-16-34)38-18-10-12-30(2)28-38/h3-7,9,11-15,17,19-26,28-29H,8,10,16,18,27H2,1-2H3. The van der Waals surface area contributed by atoms with E-state index in [-0.39, 0.29) is 0 Å². The number of benzene rings is 3. The van der Waals surface area contributed by atoms with Crippen LogP contribution in [-0.4, -0.2) is 0 Å². The Morgan fingerprint density at radius 3 is 1.88 bits per heavy atom. The van der Waals surface area contributed by atoms with Crippen LogP contribution in [0.15, 0.2) is 150 Å². The lowest BCUT2D eigenvalue weighted by Gasteiger charge is -2.32. The number of hydrogen-bond donors (Lipinski definition) is 0. The van der Waals surface area contributed by atoms with Gasteiger partial charge in [-0.25, -0.2) is 0 Å². The van der Waals surface area contributed by atoms with Crippen LogP contribution in [0.5, 0.6) is 0 Å². The van der Waals surface area contributed by atoms with Crippen LogP contribution in [-0.2, 0) is 0 Å². The Balaban J connectivity index is 1.29. The highest BCUT2D eigenvalue weighted by atomic mass is 15.2. The van der Waals surface area contributed by atoms with Crippen molar-refractivity contribution >= 4 is 17.1 Å². The van der Waals surface area contributed by atoms with Crippen molar-refractivity contribution in [2.75, 3.05) is 9.80 Å². The Morgan fingerprint density at radius 1 is 0.625 bits per heavy atom. The molecule has 0 fully saturated rings. The van der Waals surface area contributed by atoms with E-state index in [1.54, 1.807) is 0 Å². The zero-order valence-electron chi connectivity index (χ0n) is 23.6. The van der Waals surface area contributed by atoms with Crippen molar-refractivity contribution in [3.63, 3.8) is 0 Å². The molecule has 2 nitrogen and oxygen atoms in total. The van der Waals surface area contributed by atoms with E-state index in [0.717, 1.165) is 32.1 Å². The van der Waals surface area contributed by atoms with Crippen molar-refractivity contribution in [1.82, 2.24) is 0 Å². The lowest BCUT2D eigenvalue weighted by atomic mass is 9.98. The molecule has 0 N–H and O–H groups in total. The Morgan fingerprint density at radius 2 is 1.25 bits per heavy atom. The minimum Gasteiger partial charge on any atom is -0.318 e. The number of allylic oxidation sites excluding steroid dienone is 12. The summed E-state index contributed by atoms with van der Waals surface area (Å²) < 4.78 is 0. The smallest absolute Gasteiger partial charge is 0.0458 e. The molecule has 0 amide bonds. The summed E-state index contributed by atoms with van der Waals surface area (Å²) in [5.41, 5.74) is 11.5. The fourth-order valence-electron chi connectivity index (χ4n) is 5.96. The van der Waals surface area contributed by atoms with Gasteiger partial charge in [-0.05, 0) is 111 Å². The fourth-order valence-corrected chi connectivity index (χ4v) is 5.96. The summed E-state index contributed by atoms with van der Waals surface area (Å²) >= 11 is 0. The molecular weight excluding hydrogens is 484 g/mol. The predicted octanol–water partition coefficient (Wildman–Crippen LogP) is 10.6. The van der Waals surface area contributed by atoms with E-state index in [9.17, 15) is 0 Å². The molecule has 40 heavy (non-hydrogen) atoms. The van der Waals surface area contributed by atoms with Crippen molar-refractivity contribution in [2.24, 2.45) is 5.92 Å². The number of anilines is 3. The Kier molecular flexibility index (Phi) is 7.68. The summed E-state index contributed by atoms with van der Waals surface area (Å²) in [7, 11) is 0. The summed E-state index contributed by atoms with van der Waals surface area (Å²) in [6.45, 7) is 4.49. The van der Waals surface area contributed by atoms with Crippen LogP contribution in [0.1, 0.15) is 46.0 Å². The molecule has 6 rings (SSSR count). The van der Waals surface area contributed by atoms with Crippen LogP contribution in [0.3, 0.4) is 0 Å². The number of rotatable bonds is 7. The van der Waals surface area contributed by atoms with Gasteiger partial charge in [0.15, 0.2) is 0 Å². The maximum Gasteiger partial charge on any atom is 0.0458 e. The average molecular weight is 523 g/mol. The molecule has 0 saturated carbocycles. The average Bonchev–Trinajstić information content (AvgIpc) is 3.00. The van der Waals surface area contributed by atoms with Crippen LogP contribution in [0.25, 0.3) is 11.1 Å². The maximum atomic E-state index is 2.48. The molecule has 0 bridgehead atoms. The summed E-state index contributed by atoms with van der Waals surface area (Å²) in [5, 5.41) is 0. The van der Waals surface area contributed by atoms with E-state index in [1.165, 1.54) is 50.9 Å². The number of nitrogens with zero attached hydrogens (tertiary/aromatic N) is 2. The molecule has 3 aliphatic rings. The van der Waals surface area contributed by atoms with Gasteiger partial charge >= 0.3 is 0 Å². The molecule has 3 aromatic rings. The van der Waals surface area contributed by atoms with E-state index >= 15 is 0 Å². The Bertz CT molecular complexity index is 1510. The molecule has 0 heterocycles. The van der Waals surface area contributed by atoms with Crippen molar-refractivity contribution in [1.29, 1.82) is 0 Å². The van der Waals surface area contributed by atoms with E-state index in [0.29, 0.717) is 5.92 Å². The maximum absolute atomic E-state index is 2.48. The second kappa shape index (κ2) is 11.8. The van der Waals surface area contributed by atoms with Gasteiger partial charge < -0.3 is 9.80 Å². The third kappa shape index (κ3) is 5.67. The molecule has 0 saturated heterocycles. The summed E-state index contributed by atoms with van der Waals surface area (Å²) in [4.78, 5) is 4.88. The predicted molar refractivity (Wildman–Crippen MR) is 171 cm³/mol. The van der Waals surface area contributed by atoms with Gasteiger partial charge in [0.1, 0.15) is 0 Å². The van der Waals surface area contributed by atoms with Crippen LogP contribution < -0.4 is 9.80 Å². The summed E-state index contributed by atoms with van der Waals surface area (Å²) in [6.07, 6.45) is 23.5. The van der Waals surface area contributed by atoms with Gasteiger partial charge in [-0.3, -0.25) is 0 Å². The molecule has 3 aromatic carbocycles. The van der Waals surface area contributed by atoms with Crippen molar-refractivity contribution in [3.8, 4) is 11.1 Å². The first kappa shape index (κ1) is 26.0. The first-order valence-electron chi connectivity index (χ1n) is 14.6. The van der Waals surface area contributed by atoms with Gasteiger partial charge in [-0.1, -0.05) is 85.3 Å². The highest BCUT2D eigenvalue weighted by Crippen LogP contribution is 2.37. The SMILES string of the molecule is CC1=CCCC(N(C2=CC=CCC2)c2ccc(-c3ccc(N(C4=CC=CC(C)C4)c4ccccc4)cc3)cc2)=C1. The zero-order valence-corrected chi connectivity index (χ0v) is 23.6. The third-order valence-electron chi connectivity index (χ3n) is 7.97.